The molecule has 0 aromatic carbocycles. The molecule has 3 nitrogen and oxygen atoms in total. The number of rotatable bonds is 1. The van der Waals surface area contributed by atoms with Crippen molar-refractivity contribution in [1.29, 1.82) is 0 Å². The fourth-order valence-electron chi connectivity index (χ4n) is 0.996. The van der Waals surface area contributed by atoms with E-state index in [-0.39, 0.29) is 0 Å². The van der Waals surface area contributed by atoms with Gasteiger partial charge >= 0.3 is 0 Å². The zero-order chi connectivity index (χ0) is 9.26. The van der Waals surface area contributed by atoms with Gasteiger partial charge in [0.15, 0.2) is 5.15 Å². The number of hydrogen-bond acceptors (Lipinski definition) is 4. The molecule has 0 aliphatic heterocycles. The van der Waals surface area contributed by atoms with Crippen molar-refractivity contribution in [1.82, 2.24) is 10.2 Å². The molecule has 2 heterocycles. The predicted molar refractivity (Wildman–Crippen MR) is 54.8 cm³/mol. The average Bonchev–Trinajstić information content (AvgIpc) is 2.61. The Labute approximate surface area is 84.2 Å². The third-order valence-corrected chi connectivity index (χ3v) is 2.74. The first-order valence-corrected chi connectivity index (χ1v) is 4.86. The summed E-state index contributed by atoms with van der Waals surface area (Å²) < 4.78 is 0. The van der Waals surface area contributed by atoms with Gasteiger partial charge in [-0.2, -0.15) is 0 Å². The van der Waals surface area contributed by atoms with Gasteiger partial charge in [0.25, 0.3) is 0 Å². The van der Waals surface area contributed by atoms with Crippen molar-refractivity contribution in [3.8, 4) is 10.4 Å². The Bertz CT molecular complexity index is 413. The van der Waals surface area contributed by atoms with Gasteiger partial charge in [0, 0.05) is 10.4 Å². The van der Waals surface area contributed by atoms with Gasteiger partial charge in [0.05, 0.1) is 0 Å². The first-order chi connectivity index (χ1) is 6.27. The Morgan fingerprint density at radius 1 is 1.38 bits per heavy atom. The van der Waals surface area contributed by atoms with Gasteiger partial charge in [0.1, 0.15) is 5.82 Å². The van der Waals surface area contributed by atoms with E-state index in [1.54, 1.807) is 17.4 Å². The average molecular weight is 212 g/mol. The number of hydrogen-bond donors (Lipinski definition) is 1. The lowest BCUT2D eigenvalue weighted by molar-refractivity contribution is 1.05. The predicted octanol–water partition coefficient (Wildman–Crippen LogP) is 2.44. The summed E-state index contributed by atoms with van der Waals surface area (Å²) in [6.07, 6.45) is 0. The lowest BCUT2D eigenvalue weighted by Crippen LogP contribution is -1.93. The standard InChI is InChI=1S/C8H6ClN3S/c9-8-5(4-7(10)11-12-8)6-2-1-3-13-6/h1-4H,(H2,10,11). The molecule has 2 aromatic rings. The van der Waals surface area contributed by atoms with Crippen molar-refractivity contribution < 1.29 is 0 Å². The molecular formula is C8H6ClN3S. The van der Waals surface area contributed by atoms with Crippen LogP contribution in [0.3, 0.4) is 0 Å². The quantitative estimate of drug-likeness (QED) is 0.788. The molecule has 0 spiro atoms. The summed E-state index contributed by atoms with van der Waals surface area (Å²) in [7, 11) is 0. The van der Waals surface area contributed by atoms with Gasteiger partial charge in [-0.15, -0.1) is 21.5 Å². The first kappa shape index (κ1) is 8.47. The van der Waals surface area contributed by atoms with Gasteiger partial charge in [0.2, 0.25) is 0 Å². The highest BCUT2D eigenvalue weighted by molar-refractivity contribution is 7.13. The maximum Gasteiger partial charge on any atom is 0.160 e. The van der Waals surface area contributed by atoms with Crippen LogP contribution in [0.25, 0.3) is 10.4 Å². The molecule has 0 amide bonds. The molecule has 0 radical (unpaired) electrons. The minimum Gasteiger partial charge on any atom is -0.382 e. The molecular weight excluding hydrogens is 206 g/mol. The van der Waals surface area contributed by atoms with E-state index in [1.807, 2.05) is 17.5 Å². The van der Waals surface area contributed by atoms with Crippen LogP contribution in [-0.2, 0) is 0 Å². The Balaban J connectivity index is 2.57. The van der Waals surface area contributed by atoms with Crippen molar-refractivity contribution in [3.63, 3.8) is 0 Å². The zero-order valence-corrected chi connectivity index (χ0v) is 8.14. The molecule has 0 unspecified atom stereocenters. The highest BCUT2D eigenvalue weighted by Crippen LogP contribution is 2.30. The summed E-state index contributed by atoms with van der Waals surface area (Å²) in [5, 5.41) is 9.74. The number of thiophene rings is 1. The largest absolute Gasteiger partial charge is 0.382 e. The summed E-state index contributed by atoms with van der Waals surface area (Å²) in [5.41, 5.74) is 6.34. The molecule has 5 heteroatoms. The van der Waals surface area contributed by atoms with Crippen LogP contribution in [0, 0.1) is 0 Å². The topological polar surface area (TPSA) is 51.8 Å². The second-order valence-electron chi connectivity index (χ2n) is 2.45. The van der Waals surface area contributed by atoms with Crippen molar-refractivity contribution in [2.75, 3.05) is 5.73 Å². The molecule has 0 saturated carbocycles. The van der Waals surface area contributed by atoms with Crippen molar-refractivity contribution >= 4 is 28.8 Å². The van der Waals surface area contributed by atoms with E-state index in [9.17, 15) is 0 Å². The molecule has 2 aromatic heterocycles. The monoisotopic (exact) mass is 211 g/mol. The van der Waals surface area contributed by atoms with E-state index >= 15 is 0 Å². The Morgan fingerprint density at radius 2 is 2.23 bits per heavy atom. The summed E-state index contributed by atoms with van der Waals surface area (Å²) in [5.74, 6) is 0.382. The molecule has 0 atom stereocenters. The Hall–Kier alpha value is -1.13. The highest BCUT2D eigenvalue weighted by atomic mass is 35.5. The molecule has 0 bridgehead atoms. The van der Waals surface area contributed by atoms with E-state index in [0.29, 0.717) is 11.0 Å². The van der Waals surface area contributed by atoms with Crippen molar-refractivity contribution in [2.24, 2.45) is 0 Å². The molecule has 0 saturated heterocycles. The number of nitrogens with two attached hydrogens (primary N) is 1. The van der Waals surface area contributed by atoms with Gasteiger partial charge in [-0.3, -0.25) is 0 Å². The zero-order valence-electron chi connectivity index (χ0n) is 6.57. The molecule has 66 valence electrons. The van der Waals surface area contributed by atoms with Crippen LogP contribution in [0.1, 0.15) is 0 Å². The Kier molecular flexibility index (Phi) is 2.16. The van der Waals surface area contributed by atoms with Gasteiger partial charge in [-0.05, 0) is 17.5 Å². The molecule has 0 aliphatic carbocycles. The van der Waals surface area contributed by atoms with E-state index in [0.717, 1.165) is 10.4 Å². The second-order valence-corrected chi connectivity index (χ2v) is 3.76. The Morgan fingerprint density at radius 3 is 2.92 bits per heavy atom. The molecule has 13 heavy (non-hydrogen) atoms. The second kappa shape index (κ2) is 3.32. The van der Waals surface area contributed by atoms with Crippen molar-refractivity contribution in [2.45, 2.75) is 0 Å². The number of nitrogen functional groups attached to an aromatic ring is 1. The first-order valence-electron chi connectivity index (χ1n) is 3.60. The van der Waals surface area contributed by atoms with Crippen molar-refractivity contribution in [3.05, 3.63) is 28.7 Å². The van der Waals surface area contributed by atoms with Crippen LogP contribution >= 0.6 is 22.9 Å². The molecule has 0 aliphatic rings. The summed E-state index contributed by atoms with van der Waals surface area (Å²) in [6.45, 7) is 0. The van der Waals surface area contributed by atoms with Crippen LogP contribution < -0.4 is 5.73 Å². The summed E-state index contributed by atoms with van der Waals surface area (Å²) >= 11 is 7.46. The third kappa shape index (κ3) is 1.64. The minimum atomic E-state index is 0.382. The summed E-state index contributed by atoms with van der Waals surface area (Å²) in [4.78, 5) is 1.05. The normalized spacial score (nSPS) is 10.2. The highest BCUT2D eigenvalue weighted by Gasteiger charge is 2.06. The number of anilines is 1. The fraction of sp³-hybridized carbons (Fsp3) is 0. The summed E-state index contributed by atoms with van der Waals surface area (Å²) in [6, 6.07) is 5.64. The van der Waals surface area contributed by atoms with Gasteiger partial charge in [-0.25, -0.2) is 0 Å². The van der Waals surface area contributed by atoms with E-state index in [2.05, 4.69) is 10.2 Å². The van der Waals surface area contributed by atoms with Crippen LogP contribution in [-0.4, -0.2) is 10.2 Å². The molecule has 2 rings (SSSR count). The third-order valence-electron chi connectivity index (χ3n) is 1.55. The fourth-order valence-corrected chi connectivity index (χ4v) is 1.99. The SMILES string of the molecule is Nc1cc(-c2cccs2)c(Cl)nn1. The van der Waals surface area contributed by atoms with Crippen LogP contribution in [0.5, 0.6) is 0 Å². The van der Waals surface area contributed by atoms with Crippen LogP contribution in [0.15, 0.2) is 23.6 Å². The van der Waals surface area contributed by atoms with Gasteiger partial charge in [-0.1, -0.05) is 17.7 Å². The van der Waals surface area contributed by atoms with Crippen LogP contribution in [0.2, 0.25) is 5.15 Å². The number of nitrogens with zero attached hydrogens (tertiary/aromatic N) is 2. The maximum atomic E-state index is 5.87. The van der Waals surface area contributed by atoms with E-state index < -0.39 is 0 Å². The van der Waals surface area contributed by atoms with E-state index in [1.165, 1.54) is 0 Å². The lowest BCUT2D eigenvalue weighted by atomic mass is 10.2. The minimum absolute atomic E-state index is 0.382. The molecule has 2 N–H and O–H groups in total. The number of aromatic nitrogens is 2. The lowest BCUT2D eigenvalue weighted by Gasteiger charge is -1.99. The maximum absolute atomic E-state index is 5.87. The molecule has 0 fully saturated rings. The smallest absolute Gasteiger partial charge is 0.160 e. The van der Waals surface area contributed by atoms with Crippen LogP contribution in [0.4, 0.5) is 5.82 Å². The van der Waals surface area contributed by atoms with Gasteiger partial charge < -0.3 is 5.73 Å². The number of halogens is 1. The van der Waals surface area contributed by atoms with E-state index in [4.69, 9.17) is 17.3 Å².